The lowest BCUT2D eigenvalue weighted by atomic mass is 10.1. The molecule has 2 atom stereocenters. The monoisotopic (exact) mass is 172 g/mol. The Bertz CT molecular complexity index is 60.1. The zero-order valence-electron chi connectivity index (χ0n) is 5.54. The molecule has 1 aliphatic carbocycles. The van der Waals surface area contributed by atoms with Crippen molar-refractivity contribution in [1.82, 2.24) is 0 Å². The summed E-state index contributed by atoms with van der Waals surface area (Å²) in [4.78, 5) is 0. The van der Waals surface area contributed by atoms with Crippen molar-refractivity contribution >= 4 is 24.8 Å². The van der Waals surface area contributed by atoms with E-state index >= 15 is 0 Å². The molecular formula is C6H14Cl2O. The fourth-order valence-electron chi connectivity index (χ4n) is 1.18. The van der Waals surface area contributed by atoms with E-state index in [0.717, 1.165) is 18.8 Å². The first-order chi connectivity index (χ1) is 3.29. The van der Waals surface area contributed by atoms with Crippen LogP contribution in [0.1, 0.15) is 26.2 Å². The van der Waals surface area contributed by atoms with Crippen molar-refractivity contribution in [3.05, 3.63) is 0 Å². The van der Waals surface area contributed by atoms with Crippen LogP contribution in [0.2, 0.25) is 0 Å². The Labute approximate surface area is 68.7 Å². The molecule has 0 spiro atoms. The molecule has 0 saturated heterocycles. The first kappa shape index (κ1) is 12.2. The highest BCUT2D eigenvalue weighted by Crippen LogP contribution is 2.23. The summed E-state index contributed by atoms with van der Waals surface area (Å²) in [5, 5.41) is 8.90. The van der Waals surface area contributed by atoms with E-state index in [9.17, 15) is 0 Å². The van der Waals surface area contributed by atoms with Gasteiger partial charge < -0.3 is 5.11 Å². The van der Waals surface area contributed by atoms with Crippen molar-refractivity contribution in [2.24, 2.45) is 5.92 Å². The van der Waals surface area contributed by atoms with E-state index in [1.54, 1.807) is 0 Å². The van der Waals surface area contributed by atoms with Crippen LogP contribution in [0.25, 0.3) is 0 Å². The van der Waals surface area contributed by atoms with Gasteiger partial charge in [-0.2, -0.15) is 0 Å². The van der Waals surface area contributed by atoms with Crippen molar-refractivity contribution in [2.75, 3.05) is 0 Å². The van der Waals surface area contributed by atoms with Gasteiger partial charge in [0.05, 0.1) is 6.10 Å². The third-order valence-electron chi connectivity index (χ3n) is 1.67. The second-order valence-corrected chi connectivity index (χ2v) is 2.57. The predicted octanol–water partition coefficient (Wildman–Crippen LogP) is 2.01. The predicted molar refractivity (Wildman–Crippen MR) is 43.5 cm³/mol. The Morgan fingerprint density at radius 3 is 1.89 bits per heavy atom. The molecule has 0 heterocycles. The first-order valence-electron chi connectivity index (χ1n) is 2.97. The fraction of sp³-hybridized carbons (Fsp3) is 1.00. The summed E-state index contributed by atoms with van der Waals surface area (Å²) in [5.41, 5.74) is 0. The molecule has 1 rings (SSSR count). The molecule has 3 heteroatoms. The van der Waals surface area contributed by atoms with Gasteiger partial charge in [-0.1, -0.05) is 6.92 Å². The molecule has 1 N–H and O–H groups in total. The van der Waals surface area contributed by atoms with E-state index in [1.165, 1.54) is 6.42 Å². The lowest BCUT2D eigenvalue weighted by molar-refractivity contribution is 0.179. The molecule has 1 aliphatic rings. The standard InChI is InChI=1S/C6H12O.2ClH/c1-5-2-3-6(7)4-5;;/h5-7H,2-4H2,1H3;2*1H. The Morgan fingerprint density at radius 2 is 1.78 bits per heavy atom. The van der Waals surface area contributed by atoms with Gasteiger partial charge in [-0.05, 0) is 25.2 Å². The molecular weight excluding hydrogens is 159 g/mol. The summed E-state index contributed by atoms with van der Waals surface area (Å²) in [7, 11) is 0. The summed E-state index contributed by atoms with van der Waals surface area (Å²) in [6.45, 7) is 2.19. The molecule has 9 heavy (non-hydrogen) atoms. The second-order valence-electron chi connectivity index (χ2n) is 2.57. The lowest BCUT2D eigenvalue weighted by Gasteiger charge is -1.95. The molecule has 0 amide bonds. The van der Waals surface area contributed by atoms with Gasteiger partial charge in [0, 0.05) is 0 Å². The van der Waals surface area contributed by atoms with E-state index in [1.807, 2.05) is 0 Å². The minimum Gasteiger partial charge on any atom is -0.393 e. The average Bonchev–Trinajstić information content (AvgIpc) is 1.87. The minimum absolute atomic E-state index is 0. The molecule has 0 aliphatic heterocycles. The maximum absolute atomic E-state index is 8.90. The Hall–Kier alpha value is 0.540. The van der Waals surface area contributed by atoms with Crippen molar-refractivity contribution in [2.45, 2.75) is 32.3 Å². The smallest absolute Gasteiger partial charge is 0.0542 e. The Kier molecular flexibility index (Phi) is 7.25. The van der Waals surface area contributed by atoms with Gasteiger partial charge >= 0.3 is 0 Å². The van der Waals surface area contributed by atoms with Crippen molar-refractivity contribution < 1.29 is 5.11 Å². The van der Waals surface area contributed by atoms with Gasteiger partial charge in [0.15, 0.2) is 0 Å². The van der Waals surface area contributed by atoms with Gasteiger partial charge in [0.2, 0.25) is 0 Å². The lowest BCUT2D eigenvalue weighted by Crippen LogP contribution is -1.97. The van der Waals surface area contributed by atoms with Gasteiger partial charge in [-0.25, -0.2) is 0 Å². The quantitative estimate of drug-likeness (QED) is 0.594. The normalized spacial score (nSPS) is 32.7. The highest BCUT2D eigenvalue weighted by atomic mass is 35.5. The summed E-state index contributed by atoms with van der Waals surface area (Å²) in [6, 6.07) is 0. The molecule has 0 aromatic heterocycles. The number of halogens is 2. The zero-order chi connectivity index (χ0) is 5.28. The number of aliphatic hydroxyl groups excluding tert-OH is 1. The number of hydrogen-bond donors (Lipinski definition) is 1. The van der Waals surface area contributed by atoms with Crippen LogP contribution in [-0.4, -0.2) is 11.2 Å². The number of hydrogen-bond acceptors (Lipinski definition) is 1. The van der Waals surface area contributed by atoms with Crippen molar-refractivity contribution in [3.8, 4) is 0 Å². The van der Waals surface area contributed by atoms with Crippen LogP contribution < -0.4 is 0 Å². The van der Waals surface area contributed by atoms with Gasteiger partial charge in [0.1, 0.15) is 0 Å². The second kappa shape index (κ2) is 5.33. The largest absolute Gasteiger partial charge is 0.393 e. The fourth-order valence-corrected chi connectivity index (χ4v) is 1.18. The molecule has 1 saturated carbocycles. The van der Waals surface area contributed by atoms with Crippen LogP contribution in [0, 0.1) is 5.92 Å². The number of rotatable bonds is 0. The van der Waals surface area contributed by atoms with Crippen LogP contribution >= 0.6 is 24.8 Å². The van der Waals surface area contributed by atoms with E-state index in [2.05, 4.69) is 6.92 Å². The van der Waals surface area contributed by atoms with E-state index in [0.29, 0.717) is 0 Å². The summed E-state index contributed by atoms with van der Waals surface area (Å²) >= 11 is 0. The van der Waals surface area contributed by atoms with Crippen LogP contribution in [0.15, 0.2) is 0 Å². The molecule has 58 valence electrons. The van der Waals surface area contributed by atoms with Gasteiger partial charge in [0.25, 0.3) is 0 Å². The molecule has 0 bridgehead atoms. The van der Waals surface area contributed by atoms with Crippen molar-refractivity contribution in [1.29, 1.82) is 0 Å². The topological polar surface area (TPSA) is 20.2 Å². The summed E-state index contributed by atoms with van der Waals surface area (Å²) in [6.07, 6.45) is 3.30. The molecule has 0 aromatic carbocycles. The highest BCUT2D eigenvalue weighted by Gasteiger charge is 2.17. The highest BCUT2D eigenvalue weighted by molar-refractivity contribution is 5.85. The minimum atomic E-state index is 0. The van der Waals surface area contributed by atoms with Crippen LogP contribution in [-0.2, 0) is 0 Å². The van der Waals surface area contributed by atoms with E-state index < -0.39 is 0 Å². The zero-order valence-corrected chi connectivity index (χ0v) is 7.17. The van der Waals surface area contributed by atoms with Crippen LogP contribution in [0.3, 0.4) is 0 Å². The summed E-state index contributed by atoms with van der Waals surface area (Å²) < 4.78 is 0. The molecule has 1 nitrogen and oxygen atoms in total. The van der Waals surface area contributed by atoms with Crippen LogP contribution in [0.5, 0.6) is 0 Å². The average molecular weight is 173 g/mol. The van der Waals surface area contributed by atoms with Crippen molar-refractivity contribution in [3.63, 3.8) is 0 Å². The van der Waals surface area contributed by atoms with E-state index in [4.69, 9.17) is 5.11 Å². The molecule has 0 aromatic rings. The van der Waals surface area contributed by atoms with Gasteiger partial charge in [-0.3, -0.25) is 0 Å². The van der Waals surface area contributed by atoms with E-state index in [-0.39, 0.29) is 30.9 Å². The third kappa shape index (κ3) is 4.01. The maximum Gasteiger partial charge on any atom is 0.0542 e. The Balaban J connectivity index is 0. The maximum atomic E-state index is 8.90. The van der Waals surface area contributed by atoms with Crippen LogP contribution in [0.4, 0.5) is 0 Å². The van der Waals surface area contributed by atoms with Gasteiger partial charge in [-0.15, -0.1) is 24.8 Å². The molecule has 0 radical (unpaired) electrons. The molecule has 1 fully saturated rings. The summed E-state index contributed by atoms with van der Waals surface area (Å²) in [5.74, 6) is 0.773. The Morgan fingerprint density at radius 1 is 1.22 bits per heavy atom. The number of aliphatic hydroxyl groups is 1. The first-order valence-corrected chi connectivity index (χ1v) is 2.97. The third-order valence-corrected chi connectivity index (χ3v) is 1.67. The molecule has 2 unspecified atom stereocenters. The SMILES string of the molecule is CC1CCC(O)C1.Cl.Cl.